The first-order valence-corrected chi connectivity index (χ1v) is 20.2. The first-order valence-electron chi connectivity index (χ1n) is 20.2. The maximum absolute atomic E-state index is 11.6. The van der Waals surface area contributed by atoms with Crippen molar-refractivity contribution in [3.05, 3.63) is 30.3 Å². The van der Waals surface area contributed by atoms with Crippen LogP contribution in [0.4, 0.5) is 0 Å². The molecule has 12 atom stereocenters. The van der Waals surface area contributed by atoms with Crippen LogP contribution in [0.5, 0.6) is 0 Å². The minimum atomic E-state index is -1.15. The van der Waals surface area contributed by atoms with E-state index in [-0.39, 0.29) is 78.5 Å². The van der Waals surface area contributed by atoms with Crippen LogP contribution < -0.4 is 5.32 Å². The summed E-state index contributed by atoms with van der Waals surface area (Å²) >= 11 is 0. The highest BCUT2D eigenvalue weighted by atomic mass is 17.0. The largest absolute Gasteiger partial charge is 0.480 e. The number of esters is 3. The van der Waals surface area contributed by atoms with Crippen LogP contribution in [0.15, 0.2) is 0 Å². The number of Topliss-reactive ketones (excluding diaryl/α,β-unsaturated/α-hetero) is 2. The van der Waals surface area contributed by atoms with Gasteiger partial charge in [-0.2, -0.15) is 0 Å². The normalized spacial score (nSPS) is 28.8. The average Bonchev–Trinajstić information content (AvgIpc) is 4.14. The number of carboxylic acid groups (broad SMARTS) is 1. The van der Waals surface area contributed by atoms with Crippen molar-refractivity contribution in [2.45, 2.75) is 127 Å². The number of carboxylic acids is 1. The lowest BCUT2D eigenvalue weighted by Crippen LogP contribution is -2.35. The van der Waals surface area contributed by atoms with Gasteiger partial charge in [0.15, 0.2) is 42.9 Å². The Kier molecular flexibility index (Phi) is 24.8. The summed E-state index contributed by atoms with van der Waals surface area (Å²) in [6.07, 6.45) is -7.56. The molecule has 386 valence electrons. The quantitative estimate of drug-likeness (QED) is 0.0403. The highest BCUT2D eigenvalue weighted by Gasteiger charge is 2.52. The average molecular weight is 991 g/mol. The summed E-state index contributed by atoms with van der Waals surface area (Å²) < 4.78 is 46.1. The van der Waals surface area contributed by atoms with E-state index in [4.69, 9.17) is 48.1 Å². The molecule has 0 aromatic carbocycles. The summed E-state index contributed by atoms with van der Waals surface area (Å²) in [6.45, 7) is 1.73. The molecule has 1 amide bonds. The van der Waals surface area contributed by atoms with Crippen LogP contribution >= 0.6 is 0 Å². The molecule has 4 N–H and O–H groups in total. The minimum absolute atomic E-state index is 0. The van der Waals surface area contributed by atoms with Gasteiger partial charge in [-0.05, 0) is 0 Å². The first-order chi connectivity index (χ1) is 31.7. The van der Waals surface area contributed by atoms with Gasteiger partial charge in [0.2, 0.25) is 0 Å². The molecule has 0 unspecified atom stereocenters. The van der Waals surface area contributed by atoms with Gasteiger partial charge in [0, 0.05) is 26.2 Å². The van der Waals surface area contributed by atoms with Gasteiger partial charge >= 0.3 is 23.9 Å². The fraction of sp³-hybridized carbons (Fsp3) is 0.806. The number of carbonyl (C=O) groups is 7. The predicted molar refractivity (Wildman–Crippen MR) is 210 cm³/mol. The maximum atomic E-state index is 11.6. The van der Waals surface area contributed by atoms with Crippen molar-refractivity contribution in [1.82, 2.24) is 5.32 Å². The number of fused-ring (bicyclic) bond motifs is 3. The van der Waals surface area contributed by atoms with Crippen LogP contribution in [-0.2, 0) is 90.7 Å². The number of nitrogens with zero attached hydrogens (tertiary/aromatic N) is 3. The minimum Gasteiger partial charge on any atom is -0.480 e. The number of rotatable bonds is 20. The Bertz CT molecular complexity index is 1660. The van der Waals surface area contributed by atoms with Crippen molar-refractivity contribution in [1.29, 1.82) is 0 Å². The monoisotopic (exact) mass is 990 g/mol. The summed E-state index contributed by atoms with van der Waals surface area (Å²) in [6, 6.07) is 0. The third kappa shape index (κ3) is 19.3. The van der Waals surface area contributed by atoms with E-state index in [0.717, 1.165) is 6.92 Å². The van der Waals surface area contributed by atoms with E-state index in [9.17, 15) is 69.0 Å². The molecular formula is C36H54N4O28. The smallest absolute Gasteiger partial charge is 0.322 e. The number of aliphatic carboxylic acids is 1. The predicted octanol–water partition coefficient (Wildman–Crippen LogP) is -3.25. The van der Waals surface area contributed by atoms with Gasteiger partial charge < -0.3 is 77.8 Å². The second-order valence-electron chi connectivity index (χ2n) is 14.6. The van der Waals surface area contributed by atoms with E-state index in [2.05, 4.69) is 19.2 Å². The van der Waals surface area contributed by atoms with Crippen LogP contribution in [0.3, 0.4) is 0 Å². The molecule has 6 fully saturated rings. The molecule has 0 aromatic heterocycles. The second-order valence-corrected chi connectivity index (χ2v) is 14.6. The molecule has 6 aliphatic heterocycles. The molecule has 0 aliphatic carbocycles. The summed E-state index contributed by atoms with van der Waals surface area (Å²) in [5, 5.41) is 56.0. The fourth-order valence-electron chi connectivity index (χ4n) is 6.69. The summed E-state index contributed by atoms with van der Waals surface area (Å²) in [7, 11) is 0. The van der Waals surface area contributed by atoms with Crippen molar-refractivity contribution in [3.8, 4) is 0 Å². The van der Waals surface area contributed by atoms with E-state index >= 15 is 0 Å². The second kappa shape index (κ2) is 29.0. The molecule has 32 nitrogen and oxygen atoms in total. The molecule has 6 heterocycles. The van der Waals surface area contributed by atoms with Gasteiger partial charge in [-0.25, -0.2) is 0 Å². The molecule has 0 aromatic rings. The number of hydrogen-bond donors (Lipinski definition) is 4. The summed E-state index contributed by atoms with van der Waals surface area (Å²) in [5.41, 5.74) is 0. The molecule has 32 heteroatoms. The Morgan fingerprint density at radius 2 is 0.971 bits per heavy atom. The maximum Gasteiger partial charge on any atom is 0.322 e. The van der Waals surface area contributed by atoms with Gasteiger partial charge in [-0.15, -0.1) is 30.3 Å². The van der Waals surface area contributed by atoms with E-state index < -0.39 is 144 Å². The lowest BCUT2D eigenvalue weighted by atomic mass is 10.1. The van der Waals surface area contributed by atoms with Crippen LogP contribution in [0.1, 0.15) is 53.4 Å². The van der Waals surface area contributed by atoms with Crippen molar-refractivity contribution in [2.24, 2.45) is 0 Å². The Hall–Kier alpha value is -6.03. The molecule has 0 saturated carbocycles. The third-order valence-electron chi connectivity index (χ3n) is 9.77. The van der Waals surface area contributed by atoms with Gasteiger partial charge in [0.1, 0.15) is 61.7 Å². The molecule has 0 spiro atoms. The number of nitrogens with one attached hydrogen (secondary N) is 1. The summed E-state index contributed by atoms with van der Waals surface area (Å²) in [5.74, 6) is -3.95. The van der Waals surface area contributed by atoms with Crippen LogP contribution in [0, 0.1) is 30.3 Å². The Morgan fingerprint density at radius 3 is 1.35 bits per heavy atom. The van der Waals surface area contributed by atoms with E-state index in [1.165, 1.54) is 0 Å². The molecular weight excluding hydrogens is 936 g/mol. The van der Waals surface area contributed by atoms with Crippen LogP contribution in [-0.4, -0.2) is 205 Å². The molecule has 6 saturated heterocycles. The molecule has 0 bridgehead atoms. The lowest BCUT2D eigenvalue weighted by molar-refractivity contribution is -0.769. The van der Waals surface area contributed by atoms with Gasteiger partial charge in [0.05, 0.1) is 52.5 Å². The van der Waals surface area contributed by atoms with Crippen molar-refractivity contribution < 1.29 is 121 Å². The van der Waals surface area contributed by atoms with Gasteiger partial charge in [-0.1, -0.05) is 14.4 Å². The number of ketones is 2. The fourth-order valence-corrected chi connectivity index (χ4v) is 6.69. The number of aliphatic hydroxyl groups is 2. The number of aliphatic hydroxyl groups excluding tert-OH is 2. The van der Waals surface area contributed by atoms with E-state index in [1.807, 2.05) is 5.32 Å². The number of hydrogen-bond acceptors (Lipinski definition) is 27. The summed E-state index contributed by atoms with van der Waals surface area (Å²) in [4.78, 5) is 120. The highest BCUT2D eigenvalue weighted by Crippen LogP contribution is 2.32. The zero-order valence-corrected chi connectivity index (χ0v) is 35.7. The number of amides is 1. The Morgan fingerprint density at radius 1 is 0.603 bits per heavy atom. The Balaban J connectivity index is 0.000000319. The van der Waals surface area contributed by atoms with Gasteiger partial charge in [-0.3, -0.25) is 33.6 Å². The Labute approximate surface area is 384 Å². The van der Waals surface area contributed by atoms with Crippen LogP contribution in [0.25, 0.3) is 0 Å². The highest BCUT2D eigenvalue weighted by molar-refractivity contribution is 5.84. The van der Waals surface area contributed by atoms with E-state index in [1.54, 1.807) is 6.92 Å². The zero-order valence-electron chi connectivity index (χ0n) is 35.7. The number of ether oxygens (including phenoxy) is 9. The van der Waals surface area contributed by atoms with Crippen molar-refractivity contribution in [2.75, 3.05) is 59.4 Å². The third-order valence-corrected chi connectivity index (χ3v) is 9.77. The van der Waals surface area contributed by atoms with Gasteiger partial charge in [0.25, 0.3) is 21.2 Å². The number of carbonyl (C=O) groups excluding carboxylic acids is 6. The van der Waals surface area contributed by atoms with E-state index in [0.29, 0.717) is 6.42 Å². The molecule has 6 rings (SSSR count). The van der Waals surface area contributed by atoms with Crippen molar-refractivity contribution in [3.63, 3.8) is 0 Å². The zero-order chi connectivity index (χ0) is 49.8. The standard InChI is InChI=1S/C12H17NO8.C11H15NO9.C6H9NO6.C6H9NO5.CH4/c1-2-7(14)3-4-10(15)20-8-5-18-12-9(21-13(16)17)6-19-11(8)12;13-3-6(14)1-2-9(15)20-7-4-18-11-8(21-12(16)17)5-19-10(7)11;8-3-1-11-6-4(13-7(9)10)2-12-5(3)6;1-4(8)12-3-5(9)7-2-6(10)11;/h8-9,11-12H,2-6H2,1H3;7-8,10-11,13H,1-5H2;3-6,8H,1-2H2;2-3H2,1H3,(H,7,9)(H,10,11);1H4/t8-,9+,11+,12+;7-,8+,10+,11+;3-,4+,5+,6+;;/m000../s1. The SMILES string of the molecule is C.CC(=O)OCC(=O)NCC(=O)O.CCC(=O)CCC(=O)O[C@H]1CO[C@H]2[C@@H]1OC[C@H]2O[N+](=O)[O-].O=C(CO)CCC(=O)O[C@H]1CO[C@H]2[C@@H]1OC[C@H]2O[N+](=O)[O-].O=[N+]([O-])O[C@@H]1CO[C@H]2[C@@H]1OC[C@@H]2O. The first kappa shape index (κ1) is 58.1. The topological polar surface area (TPSA) is 432 Å². The molecule has 68 heavy (non-hydrogen) atoms. The van der Waals surface area contributed by atoms with Crippen LogP contribution in [0.2, 0.25) is 0 Å². The van der Waals surface area contributed by atoms with Crippen molar-refractivity contribution >= 4 is 41.4 Å². The lowest BCUT2D eigenvalue weighted by Gasteiger charge is -2.16. The molecule has 6 aliphatic rings. The molecule has 0 radical (unpaired) electrons.